The van der Waals surface area contributed by atoms with Crippen LogP contribution in [0.3, 0.4) is 0 Å². The summed E-state index contributed by atoms with van der Waals surface area (Å²) in [4.78, 5) is 52.2. The van der Waals surface area contributed by atoms with E-state index in [1.54, 1.807) is 35.2 Å². The van der Waals surface area contributed by atoms with Gasteiger partial charge in [0.2, 0.25) is 5.91 Å². The number of imide groups is 1. The van der Waals surface area contributed by atoms with Crippen molar-refractivity contribution in [1.29, 1.82) is 0 Å². The van der Waals surface area contributed by atoms with Gasteiger partial charge in [0.25, 0.3) is 11.1 Å². The number of rotatable bonds is 7. The van der Waals surface area contributed by atoms with Gasteiger partial charge in [0.15, 0.2) is 0 Å². The number of halogens is 2. The van der Waals surface area contributed by atoms with Gasteiger partial charge in [-0.15, -0.1) is 0 Å². The maximum absolute atomic E-state index is 12.9. The van der Waals surface area contributed by atoms with Crippen LogP contribution in [0.15, 0.2) is 50.2 Å². The fourth-order valence-corrected chi connectivity index (χ4v) is 6.33. The molecule has 37 heavy (non-hydrogen) atoms. The zero-order chi connectivity index (χ0) is 26.5. The van der Waals surface area contributed by atoms with Crippen molar-refractivity contribution in [3.05, 3.63) is 66.9 Å². The number of likely N-dealkylation sites (tertiary alicyclic amines) is 1. The molecule has 1 N–H and O–H groups in total. The maximum Gasteiger partial charge on any atom is 0.335 e. The van der Waals surface area contributed by atoms with E-state index in [1.807, 2.05) is 0 Å². The summed E-state index contributed by atoms with van der Waals surface area (Å²) < 4.78 is 7.17. The summed E-state index contributed by atoms with van der Waals surface area (Å²) in [5, 5.41) is 8.57. The van der Waals surface area contributed by atoms with Crippen LogP contribution in [0, 0.1) is 0 Å². The molecule has 0 radical (unpaired) electrons. The SMILES string of the molecule is O=C(O)c1ccc(COc2c(Br)cc(C=C3SC(=O)N(CC(=O)N4CCCCCC4)C3=O)cc2Br)cc1. The average Bonchev–Trinajstić information content (AvgIpc) is 3.04. The van der Waals surface area contributed by atoms with E-state index in [4.69, 9.17) is 9.84 Å². The predicted molar refractivity (Wildman–Crippen MR) is 147 cm³/mol. The maximum atomic E-state index is 12.9. The number of thioether (sulfide) groups is 1. The Morgan fingerprint density at radius 3 is 2.22 bits per heavy atom. The van der Waals surface area contributed by atoms with E-state index in [1.165, 1.54) is 12.1 Å². The monoisotopic (exact) mass is 650 g/mol. The minimum Gasteiger partial charge on any atom is -0.487 e. The molecule has 2 fully saturated rings. The molecule has 0 aromatic heterocycles. The number of carbonyl (C=O) groups is 4. The molecule has 0 unspecified atom stereocenters. The second-order valence-electron chi connectivity index (χ2n) is 8.67. The van der Waals surface area contributed by atoms with Crippen LogP contribution in [0.5, 0.6) is 5.75 Å². The highest BCUT2D eigenvalue weighted by Crippen LogP contribution is 2.38. The molecule has 0 atom stereocenters. The van der Waals surface area contributed by atoms with Crippen LogP contribution in [-0.4, -0.2) is 57.6 Å². The number of benzene rings is 2. The second-order valence-corrected chi connectivity index (χ2v) is 11.4. The standard InChI is InChI=1S/C26H24Br2N2O6S/c27-19-11-17(12-20(28)23(19)36-15-16-5-7-18(8-6-16)25(33)34)13-21-24(32)30(26(35)37-21)14-22(31)29-9-3-1-2-4-10-29/h5-8,11-13H,1-4,9-10,14-15H2,(H,33,34). The van der Waals surface area contributed by atoms with Crippen molar-refractivity contribution in [1.82, 2.24) is 9.80 Å². The van der Waals surface area contributed by atoms with Gasteiger partial charge in [-0.1, -0.05) is 25.0 Å². The van der Waals surface area contributed by atoms with Crippen molar-refractivity contribution >= 4 is 72.7 Å². The lowest BCUT2D eigenvalue weighted by atomic mass is 10.1. The lowest BCUT2D eigenvalue weighted by Crippen LogP contribution is -2.42. The van der Waals surface area contributed by atoms with Crippen LogP contribution in [0.25, 0.3) is 6.08 Å². The summed E-state index contributed by atoms with van der Waals surface area (Å²) in [7, 11) is 0. The van der Waals surface area contributed by atoms with Gasteiger partial charge in [-0.05, 0) is 97.9 Å². The number of carboxylic acid groups (broad SMARTS) is 1. The molecular weight excluding hydrogens is 628 g/mol. The Morgan fingerprint density at radius 2 is 1.62 bits per heavy atom. The van der Waals surface area contributed by atoms with Crippen LogP contribution in [0.2, 0.25) is 0 Å². The number of hydrogen-bond donors (Lipinski definition) is 1. The van der Waals surface area contributed by atoms with Crippen LogP contribution in [0.4, 0.5) is 4.79 Å². The van der Waals surface area contributed by atoms with E-state index in [0.717, 1.165) is 47.9 Å². The first-order chi connectivity index (χ1) is 17.7. The van der Waals surface area contributed by atoms with Gasteiger partial charge in [-0.2, -0.15) is 0 Å². The van der Waals surface area contributed by atoms with Crippen LogP contribution in [-0.2, 0) is 16.2 Å². The number of nitrogens with zero attached hydrogens (tertiary/aromatic N) is 2. The number of amides is 3. The first kappa shape index (κ1) is 27.4. The van der Waals surface area contributed by atoms with E-state index in [0.29, 0.717) is 33.3 Å². The first-order valence-corrected chi connectivity index (χ1v) is 14.1. The Balaban J connectivity index is 1.42. The summed E-state index contributed by atoms with van der Waals surface area (Å²) in [6.45, 7) is 1.31. The second kappa shape index (κ2) is 12.3. The average molecular weight is 652 g/mol. The Hall–Kier alpha value is -2.63. The van der Waals surface area contributed by atoms with Gasteiger partial charge in [0, 0.05) is 13.1 Å². The number of carbonyl (C=O) groups excluding carboxylic acids is 3. The molecule has 2 heterocycles. The molecule has 0 bridgehead atoms. The molecule has 2 saturated heterocycles. The lowest BCUT2D eigenvalue weighted by molar-refractivity contribution is -0.135. The van der Waals surface area contributed by atoms with Crippen molar-refractivity contribution in [2.75, 3.05) is 19.6 Å². The Labute approximate surface area is 235 Å². The zero-order valence-electron chi connectivity index (χ0n) is 19.7. The topological polar surface area (TPSA) is 104 Å². The summed E-state index contributed by atoms with van der Waals surface area (Å²) in [5.41, 5.74) is 1.67. The number of ether oxygens (including phenoxy) is 1. The van der Waals surface area contributed by atoms with Crippen molar-refractivity contribution in [2.45, 2.75) is 32.3 Å². The number of carboxylic acids is 1. The fourth-order valence-electron chi connectivity index (χ4n) is 4.04. The van der Waals surface area contributed by atoms with Gasteiger partial charge >= 0.3 is 5.97 Å². The highest BCUT2D eigenvalue weighted by atomic mass is 79.9. The Bertz CT molecular complexity index is 1230. The number of aromatic carboxylic acids is 1. The van der Waals surface area contributed by atoms with E-state index in [2.05, 4.69) is 31.9 Å². The summed E-state index contributed by atoms with van der Waals surface area (Å²) >= 11 is 7.80. The molecule has 0 spiro atoms. The van der Waals surface area contributed by atoms with E-state index in [9.17, 15) is 19.2 Å². The quantitative estimate of drug-likeness (QED) is 0.370. The highest BCUT2D eigenvalue weighted by Gasteiger charge is 2.37. The van der Waals surface area contributed by atoms with Gasteiger partial charge in [-0.25, -0.2) is 4.79 Å². The molecule has 2 aromatic carbocycles. The molecule has 3 amide bonds. The highest BCUT2D eigenvalue weighted by molar-refractivity contribution is 9.11. The molecule has 2 aliphatic heterocycles. The molecule has 11 heteroatoms. The minimum absolute atomic E-state index is 0.199. The van der Waals surface area contributed by atoms with Gasteiger partial charge in [-0.3, -0.25) is 19.3 Å². The molecule has 2 aliphatic rings. The van der Waals surface area contributed by atoms with Crippen LogP contribution >= 0.6 is 43.6 Å². The van der Waals surface area contributed by atoms with E-state index >= 15 is 0 Å². The lowest BCUT2D eigenvalue weighted by Gasteiger charge is -2.22. The molecule has 0 aliphatic carbocycles. The van der Waals surface area contributed by atoms with Crippen LogP contribution < -0.4 is 4.74 Å². The van der Waals surface area contributed by atoms with Crippen molar-refractivity contribution < 1.29 is 29.0 Å². The first-order valence-electron chi connectivity index (χ1n) is 11.7. The molecule has 2 aromatic rings. The minimum atomic E-state index is -0.990. The Kier molecular flexibility index (Phi) is 9.09. The van der Waals surface area contributed by atoms with E-state index in [-0.39, 0.29) is 29.5 Å². The van der Waals surface area contributed by atoms with Gasteiger partial charge < -0.3 is 14.7 Å². The van der Waals surface area contributed by atoms with Crippen molar-refractivity contribution in [3.63, 3.8) is 0 Å². The third-order valence-corrected chi connectivity index (χ3v) is 8.11. The molecular formula is C26H24Br2N2O6S. The third kappa shape index (κ3) is 6.82. The van der Waals surface area contributed by atoms with Gasteiger partial charge in [0.1, 0.15) is 18.9 Å². The van der Waals surface area contributed by atoms with E-state index < -0.39 is 17.1 Å². The predicted octanol–water partition coefficient (Wildman–Crippen LogP) is 5.93. The summed E-state index contributed by atoms with van der Waals surface area (Å²) in [5.74, 6) is -1.13. The zero-order valence-corrected chi connectivity index (χ0v) is 23.7. The molecule has 8 nitrogen and oxygen atoms in total. The van der Waals surface area contributed by atoms with Crippen LogP contribution in [0.1, 0.15) is 47.2 Å². The molecule has 194 valence electrons. The smallest absolute Gasteiger partial charge is 0.335 e. The number of hydrogen-bond acceptors (Lipinski definition) is 6. The van der Waals surface area contributed by atoms with Crippen molar-refractivity contribution in [3.8, 4) is 5.75 Å². The Morgan fingerprint density at radius 1 is 1.00 bits per heavy atom. The van der Waals surface area contributed by atoms with Gasteiger partial charge in [0.05, 0.1) is 19.4 Å². The third-order valence-electron chi connectivity index (χ3n) is 6.03. The molecule has 4 rings (SSSR count). The normalized spacial score (nSPS) is 17.3. The summed E-state index contributed by atoms with van der Waals surface area (Å²) in [6.07, 6.45) is 5.67. The largest absolute Gasteiger partial charge is 0.487 e. The fraction of sp³-hybridized carbons (Fsp3) is 0.308. The molecule has 0 saturated carbocycles. The van der Waals surface area contributed by atoms with Crippen molar-refractivity contribution in [2.24, 2.45) is 0 Å². The summed E-state index contributed by atoms with van der Waals surface area (Å²) in [6, 6.07) is 9.94.